The molecule has 46 heavy (non-hydrogen) atoms. The molecule has 5 aromatic rings. The lowest BCUT2D eigenvalue weighted by atomic mass is 9.87. The summed E-state index contributed by atoms with van der Waals surface area (Å²) in [6.07, 6.45) is 4.03. The Kier molecular flexibility index (Phi) is 8.45. The van der Waals surface area contributed by atoms with Gasteiger partial charge >= 0.3 is 0 Å². The van der Waals surface area contributed by atoms with Gasteiger partial charge in [-0.25, -0.2) is 0 Å². The highest BCUT2D eigenvalue weighted by atomic mass is 35.5. The molecule has 0 bridgehead atoms. The van der Waals surface area contributed by atoms with Crippen LogP contribution in [0.4, 0.5) is 5.69 Å². The molecule has 1 fully saturated rings. The van der Waals surface area contributed by atoms with Gasteiger partial charge in [0.1, 0.15) is 11.4 Å². The quantitative estimate of drug-likeness (QED) is 0.173. The van der Waals surface area contributed by atoms with Gasteiger partial charge in [-0.2, -0.15) is 0 Å². The summed E-state index contributed by atoms with van der Waals surface area (Å²) in [7, 11) is 0. The van der Waals surface area contributed by atoms with Crippen molar-refractivity contribution in [2.24, 2.45) is 0 Å². The van der Waals surface area contributed by atoms with Crippen molar-refractivity contribution in [1.29, 1.82) is 0 Å². The normalized spacial score (nSPS) is 20.0. The molecule has 2 unspecified atom stereocenters. The van der Waals surface area contributed by atoms with Crippen LogP contribution in [0.1, 0.15) is 65.3 Å². The Morgan fingerprint density at radius 2 is 1.72 bits per heavy atom. The molecule has 2 aromatic heterocycles. The summed E-state index contributed by atoms with van der Waals surface area (Å²) in [6.45, 7) is 10.2. The van der Waals surface area contributed by atoms with E-state index in [9.17, 15) is 4.79 Å². The fourth-order valence-electron chi connectivity index (χ4n) is 7.51. The van der Waals surface area contributed by atoms with Gasteiger partial charge in [0.25, 0.3) is 5.91 Å². The van der Waals surface area contributed by atoms with Crippen LogP contribution in [0.25, 0.3) is 21.8 Å². The van der Waals surface area contributed by atoms with E-state index in [2.05, 4.69) is 40.3 Å². The first-order valence-corrected chi connectivity index (χ1v) is 16.9. The van der Waals surface area contributed by atoms with Gasteiger partial charge in [0, 0.05) is 63.7 Å². The van der Waals surface area contributed by atoms with Crippen LogP contribution in [-0.4, -0.2) is 40.7 Å². The zero-order chi connectivity index (χ0) is 32.1. The number of pyridine rings is 1. The number of hydrogen-bond donors (Lipinski definition) is 2. The minimum Gasteiger partial charge on any atom is -0.494 e. The number of carbonyl (C=O) groups excluding carboxylic acids is 1. The van der Waals surface area contributed by atoms with Gasteiger partial charge in [0.15, 0.2) is 0 Å². The van der Waals surface area contributed by atoms with Gasteiger partial charge in [-0.15, -0.1) is 0 Å². The smallest absolute Gasteiger partial charge is 0.275 e. The summed E-state index contributed by atoms with van der Waals surface area (Å²) in [5, 5.41) is 3.61. The van der Waals surface area contributed by atoms with Crippen molar-refractivity contribution in [2.45, 2.75) is 71.5 Å². The topological polar surface area (TPSA) is 71.4 Å². The molecule has 238 valence electrons. The highest BCUT2D eigenvalue weighted by molar-refractivity contribution is 6.33. The molecule has 2 N–H and O–H groups in total. The number of ether oxygens (including phenoxy) is 1. The molecular weight excluding hydrogens is 617 g/mol. The lowest BCUT2D eigenvalue weighted by Gasteiger charge is -2.22. The molecule has 0 aliphatic carbocycles. The molecular formula is C37H39Cl2N5O2. The van der Waals surface area contributed by atoms with E-state index >= 15 is 0 Å². The van der Waals surface area contributed by atoms with Gasteiger partial charge in [-0.05, 0) is 94.0 Å². The van der Waals surface area contributed by atoms with Crippen LogP contribution in [-0.2, 0) is 13.0 Å². The van der Waals surface area contributed by atoms with E-state index in [0.717, 1.165) is 90.6 Å². The number of benzene rings is 3. The zero-order valence-electron chi connectivity index (χ0n) is 26.7. The molecule has 4 heterocycles. The summed E-state index contributed by atoms with van der Waals surface area (Å²) >= 11 is 13.5. The van der Waals surface area contributed by atoms with Gasteiger partial charge in [-0.3, -0.25) is 20.6 Å². The number of halogens is 2. The summed E-state index contributed by atoms with van der Waals surface area (Å²) in [5.74, 6) is 0.945. The Morgan fingerprint density at radius 1 is 0.978 bits per heavy atom. The van der Waals surface area contributed by atoms with E-state index in [1.807, 2.05) is 67.3 Å². The minimum absolute atomic E-state index is 0.00226. The molecule has 2 aliphatic rings. The highest BCUT2D eigenvalue weighted by Crippen LogP contribution is 2.42. The van der Waals surface area contributed by atoms with Crippen LogP contribution in [0.3, 0.4) is 0 Å². The molecule has 7 nitrogen and oxygen atoms in total. The number of amides is 1. The molecule has 1 saturated heterocycles. The van der Waals surface area contributed by atoms with E-state index < -0.39 is 0 Å². The third-order valence-electron chi connectivity index (χ3n) is 9.63. The average Bonchev–Trinajstić information content (AvgIpc) is 3.48. The average molecular weight is 657 g/mol. The Bertz CT molecular complexity index is 1930. The third kappa shape index (κ3) is 5.33. The number of fused-ring (bicyclic) bond motifs is 4. The Hall–Kier alpha value is -3.62. The standard InChI is InChI=1S/C37H39Cl2N5O2/c1-21-19-26(20-22(2)33(21)39)46-18-7-11-27-28-13-14-29(38)32(31-23(3)41-42-24(31)4)35(28)44-17-8-16-43(37(45)36(27)44)30-12-5-9-25-10-6-15-40-34(25)30/h5-6,9-10,12-15,19-20,23-24,31,41-42H,7-8,11,16-18H2,1-4H3. The second-order valence-electron chi connectivity index (χ2n) is 12.7. The van der Waals surface area contributed by atoms with E-state index in [1.54, 1.807) is 6.20 Å². The molecule has 2 atom stereocenters. The number of nitrogens with one attached hydrogen (secondary N) is 2. The maximum atomic E-state index is 14.9. The Labute approximate surface area is 279 Å². The van der Waals surface area contributed by atoms with Crippen molar-refractivity contribution in [2.75, 3.05) is 18.1 Å². The van der Waals surface area contributed by atoms with Gasteiger partial charge in [-0.1, -0.05) is 47.5 Å². The molecule has 7 rings (SSSR count). The van der Waals surface area contributed by atoms with Crippen molar-refractivity contribution in [3.8, 4) is 5.75 Å². The van der Waals surface area contributed by atoms with E-state index in [0.29, 0.717) is 19.6 Å². The molecule has 0 saturated carbocycles. The van der Waals surface area contributed by atoms with Crippen molar-refractivity contribution >= 4 is 56.6 Å². The fourth-order valence-corrected chi connectivity index (χ4v) is 7.90. The fraction of sp³-hybridized carbons (Fsp3) is 0.351. The first-order chi connectivity index (χ1) is 22.2. The number of carbonyl (C=O) groups is 1. The first-order valence-electron chi connectivity index (χ1n) is 16.1. The van der Waals surface area contributed by atoms with Crippen LogP contribution >= 0.6 is 23.2 Å². The Morgan fingerprint density at radius 3 is 2.48 bits per heavy atom. The van der Waals surface area contributed by atoms with Crippen molar-refractivity contribution in [1.82, 2.24) is 20.4 Å². The molecule has 0 radical (unpaired) electrons. The Balaban J connectivity index is 1.33. The van der Waals surface area contributed by atoms with Gasteiger partial charge in [0.05, 0.1) is 23.3 Å². The number of rotatable bonds is 7. The van der Waals surface area contributed by atoms with E-state index in [1.165, 1.54) is 0 Å². The number of hydrazine groups is 1. The van der Waals surface area contributed by atoms with Crippen LogP contribution in [0, 0.1) is 13.8 Å². The van der Waals surface area contributed by atoms with Gasteiger partial charge < -0.3 is 14.2 Å². The second kappa shape index (κ2) is 12.5. The lowest BCUT2D eigenvalue weighted by molar-refractivity contribution is 0.0983. The van der Waals surface area contributed by atoms with E-state index in [-0.39, 0.29) is 23.9 Å². The summed E-state index contributed by atoms with van der Waals surface area (Å²) in [4.78, 5) is 21.5. The second-order valence-corrected chi connectivity index (χ2v) is 13.5. The lowest BCUT2D eigenvalue weighted by Crippen LogP contribution is -2.32. The van der Waals surface area contributed by atoms with Crippen LogP contribution in [0.2, 0.25) is 10.0 Å². The predicted octanol–water partition coefficient (Wildman–Crippen LogP) is 8.14. The SMILES string of the molecule is Cc1cc(OCCCc2c3n(c4c(C5C(C)NNC5C)c(Cl)ccc24)CCCN(c2cccc4cccnc24)C3=O)cc(C)c1Cl. The molecule has 1 amide bonds. The van der Waals surface area contributed by atoms with E-state index in [4.69, 9.17) is 27.9 Å². The number of aromatic nitrogens is 2. The summed E-state index contributed by atoms with van der Waals surface area (Å²) in [6, 6.07) is 18.5. The maximum absolute atomic E-state index is 14.9. The first kappa shape index (κ1) is 31.0. The van der Waals surface area contributed by atoms with Crippen molar-refractivity contribution in [3.05, 3.63) is 98.8 Å². The molecule has 2 aliphatic heterocycles. The third-order valence-corrected chi connectivity index (χ3v) is 10.6. The summed E-state index contributed by atoms with van der Waals surface area (Å²) in [5.41, 5.74) is 14.4. The zero-order valence-corrected chi connectivity index (χ0v) is 28.2. The monoisotopic (exact) mass is 655 g/mol. The number of anilines is 1. The number of aryl methyl sites for hydroxylation is 4. The number of nitrogens with zero attached hydrogens (tertiary/aromatic N) is 3. The highest BCUT2D eigenvalue weighted by Gasteiger charge is 2.38. The van der Waals surface area contributed by atoms with Crippen LogP contribution < -0.4 is 20.5 Å². The minimum atomic E-state index is -0.00226. The molecule has 0 spiro atoms. The number of hydrogen-bond acceptors (Lipinski definition) is 5. The maximum Gasteiger partial charge on any atom is 0.275 e. The van der Waals surface area contributed by atoms with Crippen molar-refractivity contribution in [3.63, 3.8) is 0 Å². The van der Waals surface area contributed by atoms with Crippen LogP contribution in [0.5, 0.6) is 5.75 Å². The number of para-hydroxylation sites is 1. The largest absolute Gasteiger partial charge is 0.494 e. The summed E-state index contributed by atoms with van der Waals surface area (Å²) < 4.78 is 8.47. The molecule has 3 aromatic carbocycles. The predicted molar refractivity (Wildman–Crippen MR) is 188 cm³/mol. The van der Waals surface area contributed by atoms with Crippen LogP contribution in [0.15, 0.2) is 60.8 Å². The van der Waals surface area contributed by atoms with Crippen molar-refractivity contribution < 1.29 is 9.53 Å². The van der Waals surface area contributed by atoms with Gasteiger partial charge in [0.2, 0.25) is 0 Å². The molecule has 9 heteroatoms.